The highest BCUT2D eigenvalue weighted by atomic mass is 32.2. The predicted octanol–water partition coefficient (Wildman–Crippen LogP) is 0.864. The van der Waals surface area contributed by atoms with Crippen LogP contribution in [0, 0.1) is 0 Å². The highest BCUT2D eigenvalue weighted by Crippen LogP contribution is 2.13. The summed E-state index contributed by atoms with van der Waals surface area (Å²) in [6, 6.07) is 0. The molecule has 120 valence electrons. The van der Waals surface area contributed by atoms with Gasteiger partial charge in [-0.1, -0.05) is 26.7 Å². The maximum Gasteiger partial charge on any atom is 0.214 e. The Kier molecular flexibility index (Phi) is 6.90. The standard InChI is InChI=1S/C12H26N2O4S2/c1-3-5-11-19(15,16)13-7-9-14(10-8-13)20(17,18)12-6-4-2/h3-12H2,1-2H3. The van der Waals surface area contributed by atoms with Crippen LogP contribution < -0.4 is 0 Å². The first-order valence-corrected chi connectivity index (χ1v) is 10.5. The zero-order valence-electron chi connectivity index (χ0n) is 12.4. The van der Waals surface area contributed by atoms with Crippen LogP contribution in [-0.2, 0) is 20.0 Å². The van der Waals surface area contributed by atoms with Crippen molar-refractivity contribution in [3.63, 3.8) is 0 Å². The van der Waals surface area contributed by atoms with E-state index in [1.54, 1.807) is 0 Å². The Morgan fingerprint density at radius 1 is 0.700 bits per heavy atom. The Hall–Kier alpha value is -0.180. The van der Waals surface area contributed by atoms with Gasteiger partial charge in [-0.05, 0) is 12.8 Å². The minimum Gasteiger partial charge on any atom is -0.212 e. The molecule has 1 aliphatic rings. The van der Waals surface area contributed by atoms with Crippen molar-refractivity contribution in [1.29, 1.82) is 0 Å². The van der Waals surface area contributed by atoms with Gasteiger partial charge in [-0.25, -0.2) is 16.8 Å². The van der Waals surface area contributed by atoms with Crippen LogP contribution in [0.3, 0.4) is 0 Å². The molecule has 1 heterocycles. The van der Waals surface area contributed by atoms with Crippen LogP contribution in [0.4, 0.5) is 0 Å². The van der Waals surface area contributed by atoms with E-state index in [2.05, 4.69) is 0 Å². The third-order valence-electron chi connectivity index (χ3n) is 3.50. The van der Waals surface area contributed by atoms with E-state index in [9.17, 15) is 16.8 Å². The molecule has 0 aromatic heterocycles. The van der Waals surface area contributed by atoms with E-state index in [4.69, 9.17) is 0 Å². The van der Waals surface area contributed by atoms with Crippen LogP contribution >= 0.6 is 0 Å². The first kappa shape index (κ1) is 17.9. The lowest BCUT2D eigenvalue weighted by Crippen LogP contribution is -2.51. The molecule has 0 aliphatic carbocycles. The molecule has 0 bridgehead atoms. The second-order valence-corrected chi connectivity index (χ2v) is 9.31. The van der Waals surface area contributed by atoms with Gasteiger partial charge in [0.1, 0.15) is 0 Å². The van der Waals surface area contributed by atoms with E-state index in [1.807, 2.05) is 13.8 Å². The number of sulfonamides is 2. The van der Waals surface area contributed by atoms with E-state index >= 15 is 0 Å². The fourth-order valence-corrected chi connectivity index (χ4v) is 5.40. The van der Waals surface area contributed by atoms with Gasteiger partial charge in [-0.2, -0.15) is 8.61 Å². The van der Waals surface area contributed by atoms with Gasteiger partial charge < -0.3 is 0 Å². The molecule has 0 spiro atoms. The van der Waals surface area contributed by atoms with E-state index in [0.29, 0.717) is 12.8 Å². The van der Waals surface area contributed by atoms with E-state index < -0.39 is 20.0 Å². The number of hydrogen-bond acceptors (Lipinski definition) is 4. The third kappa shape index (κ3) is 4.98. The summed E-state index contributed by atoms with van der Waals surface area (Å²) in [6.07, 6.45) is 2.98. The number of unbranched alkanes of at least 4 members (excludes halogenated alkanes) is 2. The molecule has 1 aliphatic heterocycles. The highest BCUT2D eigenvalue weighted by molar-refractivity contribution is 7.89. The molecule has 1 rings (SSSR count). The lowest BCUT2D eigenvalue weighted by atomic mass is 10.4. The van der Waals surface area contributed by atoms with Gasteiger partial charge in [0.05, 0.1) is 11.5 Å². The average Bonchev–Trinajstić information content (AvgIpc) is 2.43. The molecule has 0 N–H and O–H groups in total. The predicted molar refractivity (Wildman–Crippen MR) is 80.5 cm³/mol. The van der Waals surface area contributed by atoms with Crippen LogP contribution in [0.5, 0.6) is 0 Å². The molecule has 0 saturated carbocycles. The molecule has 8 heteroatoms. The van der Waals surface area contributed by atoms with Crippen molar-refractivity contribution in [2.45, 2.75) is 39.5 Å². The SMILES string of the molecule is CCCCS(=O)(=O)N1CCN(S(=O)(=O)CCCC)CC1. The van der Waals surface area contributed by atoms with Crippen molar-refractivity contribution in [2.24, 2.45) is 0 Å². The second kappa shape index (κ2) is 7.72. The molecule has 1 saturated heterocycles. The Bertz CT molecular complexity index is 434. The van der Waals surface area contributed by atoms with Crippen molar-refractivity contribution in [1.82, 2.24) is 8.61 Å². The fraction of sp³-hybridized carbons (Fsp3) is 1.00. The summed E-state index contributed by atoms with van der Waals surface area (Å²) in [5, 5.41) is 0. The van der Waals surface area contributed by atoms with Gasteiger partial charge in [0.15, 0.2) is 0 Å². The summed E-state index contributed by atoms with van der Waals surface area (Å²) in [7, 11) is -6.44. The molecule has 20 heavy (non-hydrogen) atoms. The van der Waals surface area contributed by atoms with E-state index in [0.717, 1.165) is 12.8 Å². The normalized spacial score (nSPS) is 19.3. The van der Waals surface area contributed by atoms with Crippen LogP contribution in [0.1, 0.15) is 39.5 Å². The first-order chi connectivity index (χ1) is 9.33. The van der Waals surface area contributed by atoms with Gasteiger partial charge in [-0.3, -0.25) is 0 Å². The van der Waals surface area contributed by atoms with Gasteiger partial charge >= 0.3 is 0 Å². The summed E-state index contributed by atoms with van der Waals surface area (Å²) in [5.41, 5.74) is 0. The molecular formula is C12H26N2O4S2. The van der Waals surface area contributed by atoms with Gasteiger partial charge in [0.2, 0.25) is 20.0 Å². The van der Waals surface area contributed by atoms with Gasteiger partial charge in [0.25, 0.3) is 0 Å². The Balaban J connectivity index is 2.55. The number of hydrogen-bond donors (Lipinski definition) is 0. The molecule has 0 unspecified atom stereocenters. The van der Waals surface area contributed by atoms with Crippen molar-refractivity contribution in [3.05, 3.63) is 0 Å². The van der Waals surface area contributed by atoms with Crippen LogP contribution in [0.25, 0.3) is 0 Å². The molecule has 0 aromatic rings. The number of nitrogens with zero attached hydrogens (tertiary/aromatic N) is 2. The average molecular weight is 326 g/mol. The zero-order valence-corrected chi connectivity index (χ0v) is 14.0. The number of rotatable bonds is 8. The van der Waals surface area contributed by atoms with Gasteiger partial charge in [-0.15, -0.1) is 0 Å². The van der Waals surface area contributed by atoms with E-state index in [1.165, 1.54) is 8.61 Å². The first-order valence-electron chi connectivity index (χ1n) is 7.29. The largest absolute Gasteiger partial charge is 0.214 e. The summed E-state index contributed by atoms with van der Waals surface area (Å²) < 4.78 is 51.0. The smallest absolute Gasteiger partial charge is 0.212 e. The molecule has 6 nitrogen and oxygen atoms in total. The summed E-state index contributed by atoms with van der Waals surface area (Å²) >= 11 is 0. The minimum atomic E-state index is -3.22. The van der Waals surface area contributed by atoms with E-state index in [-0.39, 0.29) is 37.7 Å². The Morgan fingerprint density at radius 2 is 1.00 bits per heavy atom. The molecule has 1 fully saturated rings. The highest BCUT2D eigenvalue weighted by Gasteiger charge is 2.31. The Morgan fingerprint density at radius 3 is 1.25 bits per heavy atom. The summed E-state index contributed by atoms with van der Waals surface area (Å²) in [5.74, 6) is 0.318. The molecule has 0 aromatic carbocycles. The van der Waals surface area contributed by atoms with Crippen molar-refractivity contribution >= 4 is 20.0 Å². The molecule has 0 atom stereocenters. The monoisotopic (exact) mass is 326 g/mol. The third-order valence-corrected chi connectivity index (χ3v) is 7.41. The van der Waals surface area contributed by atoms with Crippen LogP contribution in [0.2, 0.25) is 0 Å². The quantitative estimate of drug-likeness (QED) is 0.663. The minimum absolute atomic E-state index is 0.159. The fourth-order valence-electron chi connectivity index (χ4n) is 2.14. The molecular weight excluding hydrogens is 300 g/mol. The van der Waals surface area contributed by atoms with Crippen molar-refractivity contribution in [2.75, 3.05) is 37.7 Å². The lowest BCUT2D eigenvalue weighted by Gasteiger charge is -2.33. The maximum absolute atomic E-state index is 12.0. The maximum atomic E-state index is 12.0. The van der Waals surface area contributed by atoms with Gasteiger partial charge in [0, 0.05) is 26.2 Å². The van der Waals surface area contributed by atoms with Crippen LogP contribution in [-0.4, -0.2) is 63.1 Å². The lowest BCUT2D eigenvalue weighted by molar-refractivity contribution is 0.272. The zero-order chi connectivity index (χ0) is 15.2. The van der Waals surface area contributed by atoms with Crippen molar-refractivity contribution < 1.29 is 16.8 Å². The molecule has 0 radical (unpaired) electrons. The summed E-state index contributed by atoms with van der Waals surface area (Å²) in [6.45, 7) is 5.01. The Labute approximate surface area is 123 Å². The number of piperazine rings is 1. The topological polar surface area (TPSA) is 74.8 Å². The molecule has 0 amide bonds. The second-order valence-electron chi connectivity index (χ2n) is 5.14. The summed E-state index contributed by atoms with van der Waals surface area (Å²) in [4.78, 5) is 0. The van der Waals surface area contributed by atoms with Crippen molar-refractivity contribution in [3.8, 4) is 0 Å². The van der Waals surface area contributed by atoms with Crippen LogP contribution in [0.15, 0.2) is 0 Å².